The second kappa shape index (κ2) is 5.47. The summed E-state index contributed by atoms with van der Waals surface area (Å²) in [5, 5.41) is 20.4. The molecule has 78 valence electrons. The van der Waals surface area contributed by atoms with E-state index in [0.29, 0.717) is 5.69 Å². The molecule has 0 amide bonds. The minimum Gasteiger partial charge on any atom is -0.394 e. The predicted octanol–water partition coefficient (Wildman–Crippen LogP) is 1.20. The first-order chi connectivity index (χ1) is 6.61. The van der Waals surface area contributed by atoms with E-state index in [9.17, 15) is 4.39 Å². The second-order valence-corrected chi connectivity index (χ2v) is 4.12. The van der Waals surface area contributed by atoms with Gasteiger partial charge in [-0.05, 0) is 40.8 Å². The fraction of sp³-hybridized carbons (Fsp3) is 0.333. The monoisotopic (exact) mass is 311 g/mol. The number of benzene rings is 1. The Balaban J connectivity index is 2.58. The standard InChI is InChI=1S/C9H11FINO2/c10-6-1-7(11)3-8(2-6)12-4-9(14)5-13/h1-3,9,12-14H,4-5H2. The van der Waals surface area contributed by atoms with Crippen LogP contribution < -0.4 is 5.32 Å². The van der Waals surface area contributed by atoms with Crippen LogP contribution >= 0.6 is 22.6 Å². The summed E-state index contributed by atoms with van der Waals surface area (Å²) in [7, 11) is 0. The van der Waals surface area contributed by atoms with Gasteiger partial charge in [-0.1, -0.05) is 0 Å². The zero-order valence-corrected chi connectivity index (χ0v) is 9.53. The summed E-state index contributed by atoms with van der Waals surface area (Å²) in [6, 6.07) is 4.51. The minimum atomic E-state index is -0.823. The molecule has 0 aromatic heterocycles. The van der Waals surface area contributed by atoms with E-state index in [1.807, 2.05) is 22.6 Å². The first kappa shape index (κ1) is 11.7. The molecule has 0 spiro atoms. The SMILES string of the molecule is OCC(O)CNc1cc(F)cc(I)c1. The molecule has 0 aliphatic carbocycles. The highest BCUT2D eigenvalue weighted by atomic mass is 127. The van der Waals surface area contributed by atoms with E-state index in [1.165, 1.54) is 12.1 Å². The van der Waals surface area contributed by atoms with Crippen molar-refractivity contribution >= 4 is 28.3 Å². The van der Waals surface area contributed by atoms with Crippen LogP contribution in [0.1, 0.15) is 0 Å². The number of hydrogen-bond acceptors (Lipinski definition) is 3. The molecule has 5 heteroatoms. The summed E-state index contributed by atoms with van der Waals surface area (Å²) in [6.07, 6.45) is -0.823. The van der Waals surface area contributed by atoms with Gasteiger partial charge in [0, 0.05) is 15.8 Å². The van der Waals surface area contributed by atoms with Gasteiger partial charge in [-0.2, -0.15) is 0 Å². The lowest BCUT2D eigenvalue weighted by atomic mass is 10.3. The van der Waals surface area contributed by atoms with Crippen molar-refractivity contribution in [3.05, 3.63) is 27.6 Å². The highest BCUT2D eigenvalue weighted by molar-refractivity contribution is 14.1. The molecular weight excluding hydrogens is 300 g/mol. The van der Waals surface area contributed by atoms with Crippen LogP contribution in [0.3, 0.4) is 0 Å². The second-order valence-electron chi connectivity index (χ2n) is 2.88. The number of hydrogen-bond donors (Lipinski definition) is 3. The van der Waals surface area contributed by atoms with Crippen LogP contribution in [0.2, 0.25) is 0 Å². The van der Waals surface area contributed by atoms with E-state index in [4.69, 9.17) is 10.2 Å². The third-order valence-corrected chi connectivity index (χ3v) is 2.24. The van der Waals surface area contributed by atoms with E-state index < -0.39 is 6.10 Å². The number of anilines is 1. The molecular formula is C9H11FINO2. The summed E-state index contributed by atoms with van der Waals surface area (Å²) in [6.45, 7) is -0.102. The van der Waals surface area contributed by atoms with E-state index >= 15 is 0 Å². The van der Waals surface area contributed by atoms with Crippen molar-refractivity contribution in [2.24, 2.45) is 0 Å². The average Bonchev–Trinajstić information content (AvgIpc) is 2.12. The maximum Gasteiger partial charge on any atom is 0.126 e. The molecule has 1 rings (SSSR count). The van der Waals surface area contributed by atoms with Gasteiger partial charge >= 0.3 is 0 Å². The molecule has 3 nitrogen and oxygen atoms in total. The Morgan fingerprint density at radius 2 is 2.14 bits per heavy atom. The lowest BCUT2D eigenvalue weighted by molar-refractivity contribution is 0.105. The quantitative estimate of drug-likeness (QED) is 0.732. The van der Waals surface area contributed by atoms with Gasteiger partial charge < -0.3 is 15.5 Å². The van der Waals surface area contributed by atoms with Crippen LogP contribution in [-0.2, 0) is 0 Å². The van der Waals surface area contributed by atoms with Crippen molar-refractivity contribution in [1.82, 2.24) is 0 Å². The van der Waals surface area contributed by atoms with Crippen molar-refractivity contribution in [2.45, 2.75) is 6.10 Å². The Morgan fingerprint density at radius 3 is 2.71 bits per heavy atom. The number of aliphatic hydroxyl groups excluding tert-OH is 2. The minimum absolute atomic E-state index is 0.204. The van der Waals surface area contributed by atoms with Gasteiger partial charge in [0.1, 0.15) is 5.82 Å². The van der Waals surface area contributed by atoms with Gasteiger partial charge in [0.25, 0.3) is 0 Å². The topological polar surface area (TPSA) is 52.5 Å². The normalized spacial score (nSPS) is 12.6. The van der Waals surface area contributed by atoms with Crippen LogP contribution in [0.25, 0.3) is 0 Å². The molecule has 0 bridgehead atoms. The van der Waals surface area contributed by atoms with E-state index in [1.54, 1.807) is 6.07 Å². The van der Waals surface area contributed by atoms with Gasteiger partial charge in [-0.25, -0.2) is 4.39 Å². The lowest BCUT2D eigenvalue weighted by Gasteiger charge is -2.10. The average molecular weight is 311 g/mol. The molecule has 0 saturated heterocycles. The number of nitrogens with one attached hydrogen (secondary N) is 1. The van der Waals surface area contributed by atoms with Crippen LogP contribution in [0, 0.1) is 9.39 Å². The van der Waals surface area contributed by atoms with Gasteiger partial charge in [-0.3, -0.25) is 0 Å². The zero-order chi connectivity index (χ0) is 10.6. The third kappa shape index (κ3) is 3.77. The van der Waals surface area contributed by atoms with Crippen molar-refractivity contribution in [3.8, 4) is 0 Å². The summed E-state index contributed by atoms with van der Waals surface area (Å²) >= 11 is 2.01. The largest absolute Gasteiger partial charge is 0.394 e. The molecule has 0 saturated carbocycles. The molecule has 1 aromatic carbocycles. The summed E-state index contributed by atoms with van der Waals surface area (Å²) in [5.41, 5.74) is 0.599. The molecule has 0 aliphatic rings. The van der Waals surface area contributed by atoms with Gasteiger partial charge in [-0.15, -0.1) is 0 Å². The molecule has 0 radical (unpaired) electrons. The molecule has 0 fully saturated rings. The fourth-order valence-electron chi connectivity index (χ4n) is 0.956. The lowest BCUT2D eigenvalue weighted by Crippen LogP contribution is -2.22. The maximum atomic E-state index is 12.9. The highest BCUT2D eigenvalue weighted by Gasteiger charge is 2.02. The maximum absolute atomic E-state index is 12.9. The van der Waals surface area contributed by atoms with Crippen LogP contribution in [0.4, 0.5) is 10.1 Å². The van der Waals surface area contributed by atoms with Crippen molar-refractivity contribution in [3.63, 3.8) is 0 Å². The summed E-state index contributed by atoms with van der Waals surface area (Å²) in [4.78, 5) is 0. The van der Waals surface area contributed by atoms with Crippen LogP contribution in [0.15, 0.2) is 18.2 Å². The van der Waals surface area contributed by atoms with E-state index in [-0.39, 0.29) is 19.0 Å². The van der Waals surface area contributed by atoms with Crippen LogP contribution in [-0.4, -0.2) is 29.5 Å². The number of aliphatic hydroxyl groups is 2. The Kier molecular flexibility index (Phi) is 4.56. The first-order valence-electron chi connectivity index (χ1n) is 4.10. The van der Waals surface area contributed by atoms with Crippen molar-refractivity contribution in [1.29, 1.82) is 0 Å². The molecule has 0 aliphatic heterocycles. The van der Waals surface area contributed by atoms with Gasteiger partial charge in [0.15, 0.2) is 0 Å². The summed E-state index contributed by atoms with van der Waals surface area (Å²) in [5.74, 6) is -0.321. The van der Waals surface area contributed by atoms with E-state index in [2.05, 4.69) is 5.32 Å². The Hall–Kier alpha value is -0.400. The molecule has 3 N–H and O–H groups in total. The molecule has 1 aromatic rings. The molecule has 0 heterocycles. The van der Waals surface area contributed by atoms with Gasteiger partial charge in [0.05, 0.1) is 12.7 Å². The predicted molar refractivity (Wildman–Crippen MR) is 60.7 cm³/mol. The Morgan fingerprint density at radius 1 is 1.43 bits per heavy atom. The van der Waals surface area contributed by atoms with Gasteiger partial charge in [0.2, 0.25) is 0 Å². The summed E-state index contributed by atoms with van der Waals surface area (Å²) < 4.78 is 13.7. The molecule has 1 unspecified atom stereocenters. The Bertz CT molecular complexity index is 289. The first-order valence-corrected chi connectivity index (χ1v) is 5.18. The number of halogens is 2. The van der Waals surface area contributed by atoms with E-state index in [0.717, 1.165) is 3.57 Å². The Labute approximate surface area is 95.1 Å². The fourth-order valence-corrected chi connectivity index (χ4v) is 1.59. The molecule has 1 atom stereocenters. The molecule has 14 heavy (non-hydrogen) atoms. The van der Waals surface area contributed by atoms with Crippen molar-refractivity contribution in [2.75, 3.05) is 18.5 Å². The highest BCUT2D eigenvalue weighted by Crippen LogP contribution is 2.15. The zero-order valence-electron chi connectivity index (χ0n) is 7.37. The van der Waals surface area contributed by atoms with Crippen LogP contribution in [0.5, 0.6) is 0 Å². The number of rotatable bonds is 4. The van der Waals surface area contributed by atoms with Crippen molar-refractivity contribution < 1.29 is 14.6 Å². The smallest absolute Gasteiger partial charge is 0.126 e. The third-order valence-electron chi connectivity index (χ3n) is 1.62.